The Morgan fingerprint density at radius 2 is 2.07 bits per heavy atom. The van der Waals surface area contributed by atoms with Crippen molar-refractivity contribution >= 4 is 22.2 Å². The first-order valence-corrected chi connectivity index (χ1v) is 5.21. The van der Waals surface area contributed by atoms with E-state index in [2.05, 4.69) is 6.58 Å². The maximum atomic E-state index is 11.2. The second kappa shape index (κ2) is 6.15. The topological polar surface area (TPSA) is 52.6 Å². The van der Waals surface area contributed by atoms with Crippen molar-refractivity contribution in [1.29, 1.82) is 0 Å². The van der Waals surface area contributed by atoms with Crippen LogP contribution in [0.15, 0.2) is 23.6 Å². The number of carbonyl (C=O) groups is 2. The summed E-state index contributed by atoms with van der Waals surface area (Å²) in [5, 5.41) is 0.369. The summed E-state index contributed by atoms with van der Waals surface area (Å²) < 4.78 is 9.56. The maximum Gasteiger partial charge on any atom is 0.336 e. The molecule has 0 bridgehead atoms. The van der Waals surface area contributed by atoms with Gasteiger partial charge in [-0.1, -0.05) is 6.58 Å². The molecule has 5 heteroatoms. The third kappa shape index (κ3) is 4.04. The lowest BCUT2D eigenvalue weighted by atomic mass is 10.3. The first-order valence-electron chi connectivity index (χ1n) is 4.21. The van der Waals surface area contributed by atoms with E-state index >= 15 is 0 Å². The van der Waals surface area contributed by atoms with Crippen LogP contribution in [0.5, 0.6) is 0 Å². The molecular weight excluding hydrogens is 200 g/mol. The van der Waals surface area contributed by atoms with Crippen LogP contribution in [0.1, 0.15) is 13.8 Å². The second-order valence-electron chi connectivity index (χ2n) is 2.53. The Balaban J connectivity index is 4.49. The van der Waals surface area contributed by atoms with E-state index in [-0.39, 0.29) is 0 Å². The molecule has 0 unspecified atom stereocenters. The highest BCUT2D eigenvalue weighted by Crippen LogP contribution is 2.04. The molecule has 0 heterocycles. The molecule has 0 amide bonds. The summed E-state index contributed by atoms with van der Waals surface area (Å²) in [5.74, 6) is -1.01. The number of carbonyl (C=O) groups excluding carboxylic acids is 2. The number of hydrogen-bond donors (Lipinski definition) is 0. The average Bonchev–Trinajstić information content (AvgIpc) is 2.16. The second-order valence-corrected chi connectivity index (χ2v) is 3.44. The highest BCUT2D eigenvalue weighted by atomic mass is 28.1. The zero-order valence-corrected chi connectivity index (χ0v) is 10.6. The molecule has 0 spiro atoms. The normalized spacial score (nSPS) is 11.6. The molecule has 78 valence electrons. The van der Waals surface area contributed by atoms with Gasteiger partial charge in [0.2, 0.25) is 0 Å². The van der Waals surface area contributed by atoms with E-state index in [0.29, 0.717) is 27.8 Å². The summed E-state index contributed by atoms with van der Waals surface area (Å²) in [6.07, 6.45) is 1.05. The van der Waals surface area contributed by atoms with Crippen LogP contribution < -0.4 is 0 Å². The van der Waals surface area contributed by atoms with Gasteiger partial charge in [-0.15, -0.1) is 0 Å². The molecule has 0 aliphatic rings. The molecule has 0 atom stereocenters. The van der Waals surface area contributed by atoms with Gasteiger partial charge in [0.05, 0.1) is 27.8 Å². The highest BCUT2D eigenvalue weighted by Gasteiger charge is 2.10. The predicted molar refractivity (Wildman–Crippen MR) is 55.6 cm³/mol. The largest absolute Gasteiger partial charge is 0.463 e. The van der Waals surface area contributed by atoms with Crippen LogP contribution in [0.2, 0.25) is 0 Å². The summed E-state index contributed by atoms with van der Waals surface area (Å²) in [6, 6.07) is 0. The Morgan fingerprint density at radius 1 is 1.50 bits per heavy atom. The number of rotatable bonds is 4. The third-order valence-electron chi connectivity index (χ3n) is 1.53. The van der Waals surface area contributed by atoms with Gasteiger partial charge in [0, 0.05) is 6.08 Å². The van der Waals surface area contributed by atoms with Crippen LogP contribution in [0.3, 0.4) is 0 Å². The average molecular weight is 214 g/mol. The quantitative estimate of drug-likeness (QED) is 0.283. The minimum absolute atomic E-state index is 0.306. The first kappa shape index (κ1) is 12.6. The molecule has 0 aromatic heterocycles. The van der Waals surface area contributed by atoms with Crippen molar-refractivity contribution in [2.75, 3.05) is 6.61 Å². The van der Waals surface area contributed by atoms with Crippen LogP contribution in [0.4, 0.5) is 0 Å². The van der Waals surface area contributed by atoms with E-state index in [1.807, 2.05) is 0 Å². The fourth-order valence-corrected chi connectivity index (χ4v) is 1.06. The molecule has 0 N–H and O–H groups in total. The van der Waals surface area contributed by atoms with Crippen LogP contribution in [0.25, 0.3) is 0 Å². The van der Waals surface area contributed by atoms with Gasteiger partial charge in [-0.3, -0.25) is 0 Å². The van der Waals surface area contributed by atoms with Gasteiger partial charge < -0.3 is 9.47 Å². The summed E-state index contributed by atoms with van der Waals surface area (Å²) in [6.45, 7) is 6.84. The van der Waals surface area contributed by atoms with Crippen molar-refractivity contribution in [1.82, 2.24) is 0 Å². The summed E-state index contributed by atoms with van der Waals surface area (Å²) in [5.41, 5.74) is 0.341. The Bertz CT molecular complexity index is 281. The molecule has 0 radical (unpaired) electrons. The van der Waals surface area contributed by atoms with Crippen molar-refractivity contribution in [2.45, 2.75) is 13.8 Å². The molecule has 0 aliphatic carbocycles. The van der Waals surface area contributed by atoms with E-state index in [1.165, 1.54) is 0 Å². The summed E-state index contributed by atoms with van der Waals surface area (Å²) >= 11 is 0. The SMILES string of the molecule is C=CC(=O)OC([SiH3])=C(C)C(=O)OCC. The smallest absolute Gasteiger partial charge is 0.336 e. The van der Waals surface area contributed by atoms with E-state index in [4.69, 9.17) is 9.47 Å². The molecule has 0 saturated carbocycles. The highest BCUT2D eigenvalue weighted by molar-refractivity contribution is 6.23. The lowest BCUT2D eigenvalue weighted by Crippen LogP contribution is -2.11. The van der Waals surface area contributed by atoms with Gasteiger partial charge in [0.25, 0.3) is 0 Å². The van der Waals surface area contributed by atoms with E-state index < -0.39 is 11.9 Å². The molecule has 4 nitrogen and oxygen atoms in total. The molecule has 14 heavy (non-hydrogen) atoms. The Labute approximate surface area is 86.0 Å². The van der Waals surface area contributed by atoms with E-state index in [9.17, 15) is 9.59 Å². The van der Waals surface area contributed by atoms with Crippen LogP contribution in [-0.4, -0.2) is 28.8 Å². The molecule has 0 aromatic rings. The molecule has 0 fully saturated rings. The Hall–Kier alpha value is -1.36. The van der Waals surface area contributed by atoms with Crippen molar-refractivity contribution in [3.8, 4) is 0 Å². The molecule has 0 rings (SSSR count). The van der Waals surface area contributed by atoms with Crippen LogP contribution in [0, 0.1) is 0 Å². The van der Waals surface area contributed by atoms with Gasteiger partial charge in [-0.05, 0) is 13.8 Å². The van der Waals surface area contributed by atoms with Crippen LogP contribution >= 0.6 is 0 Å². The number of esters is 2. The fraction of sp³-hybridized carbons (Fsp3) is 0.333. The van der Waals surface area contributed by atoms with Crippen molar-refractivity contribution < 1.29 is 19.1 Å². The van der Waals surface area contributed by atoms with Gasteiger partial charge in [-0.25, -0.2) is 9.59 Å². The molecule has 0 saturated heterocycles. The minimum atomic E-state index is -0.557. The van der Waals surface area contributed by atoms with Crippen molar-refractivity contribution in [3.05, 3.63) is 23.6 Å². The third-order valence-corrected chi connectivity index (χ3v) is 2.48. The summed E-state index contributed by atoms with van der Waals surface area (Å²) in [4.78, 5) is 22.0. The summed E-state index contributed by atoms with van der Waals surface area (Å²) in [7, 11) is 0.468. The number of ether oxygens (including phenoxy) is 2. The van der Waals surface area contributed by atoms with Gasteiger partial charge >= 0.3 is 11.9 Å². The van der Waals surface area contributed by atoms with Gasteiger partial charge in [-0.2, -0.15) is 0 Å². The van der Waals surface area contributed by atoms with Gasteiger partial charge in [0.15, 0.2) is 0 Å². The fourth-order valence-electron chi connectivity index (χ4n) is 0.652. The van der Waals surface area contributed by atoms with Gasteiger partial charge in [0.1, 0.15) is 0 Å². The van der Waals surface area contributed by atoms with E-state index in [1.54, 1.807) is 13.8 Å². The van der Waals surface area contributed by atoms with E-state index in [0.717, 1.165) is 6.08 Å². The Kier molecular flexibility index (Phi) is 5.55. The van der Waals surface area contributed by atoms with Crippen molar-refractivity contribution in [3.63, 3.8) is 0 Å². The first-order chi connectivity index (χ1) is 6.52. The Morgan fingerprint density at radius 3 is 2.50 bits per heavy atom. The zero-order chi connectivity index (χ0) is 11.1. The molecule has 0 aliphatic heterocycles. The predicted octanol–water partition coefficient (Wildman–Crippen LogP) is -0.124. The van der Waals surface area contributed by atoms with Crippen molar-refractivity contribution in [2.24, 2.45) is 0 Å². The molecular formula is C9H14O4Si. The lowest BCUT2D eigenvalue weighted by molar-refractivity contribution is -0.138. The standard InChI is InChI=1S/C9H14O4Si/c1-4-7(10)13-9(14)6(3)8(11)12-5-2/h4H,1,5H2,2-3,14H3. The monoisotopic (exact) mass is 214 g/mol. The molecule has 0 aromatic carbocycles. The minimum Gasteiger partial charge on any atom is -0.463 e. The van der Waals surface area contributed by atoms with Crippen LogP contribution in [-0.2, 0) is 19.1 Å². The number of hydrogen-bond acceptors (Lipinski definition) is 4. The maximum absolute atomic E-state index is 11.2. The zero-order valence-electron chi connectivity index (χ0n) is 8.62. The lowest BCUT2D eigenvalue weighted by Gasteiger charge is -2.06.